The molecule has 0 aliphatic carbocycles. The Morgan fingerprint density at radius 3 is 1.15 bits per heavy atom. The minimum Gasteiger partial charge on any atom is -0.200 e. The predicted molar refractivity (Wildman–Crippen MR) is 35.3 cm³/mol. The maximum atomic E-state index is 12.3. The molecular weight excluding hydrogens is 218 g/mol. The standard InChI is InChI=1S/C6F6S/c7-1-2(8)4(10)6(12)13-5(11)3(1)9. The van der Waals surface area contributed by atoms with Crippen LogP contribution in [0.3, 0.4) is 0 Å². The predicted octanol–water partition coefficient (Wildman–Crippen LogP) is 4.10. The van der Waals surface area contributed by atoms with Crippen molar-refractivity contribution >= 4 is 11.8 Å². The number of thioether (sulfide) groups is 1. The largest absolute Gasteiger partial charge is 0.204 e. The van der Waals surface area contributed by atoms with E-state index in [0.29, 0.717) is 0 Å². The summed E-state index contributed by atoms with van der Waals surface area (Å²) in [6, 6.07) is 0. The van der Waals surface area contributed by atoms with Gasteiger partial charge in [-0.2, -0.15) is 17.6 Å². The average Bonchev–Trinajstić information content (AvgIpc) is 2.15. The lowest BCUT2D eigenvalue weighted by Crippen LogP contribution is -1.82. The molecule has 0 bridgehead atoms. The van der Waals surface area contributed by atoms with Crippen molar-refractivity contribution in [3.8, 4) is 0 Å². The highest BCUT2D eigenvalue weighted by molar-refractivity contribution is 8.06. The van der Waals surface area contributed by atoms with E-state index >= 15 is 0 Å². The molecule has 0 radical (unpaired) electrons. The van der Waals surface area contributed by atoms with Crippen LogP contribution in [0.5, 0.6) is 0 Å². The zero-order valence-electron chi connectivity index (χ0n) is 5.68. The van der Waals surface area contributed by atoms with Crippen LogP contribution < -0.4 is 0 Å². The minimum absolute atomic E-state index is 0.660. The fourth-order valence-corrected chi connectivity index (χ4v) is 1.05. The third kappa shape index (κ3) is 1.74. The Morgan fingerprint density at radius 2 is 0.846 bits per heavy atom. The molecule has 0 saturated heterocycles. The van der Waals surface area contributed by atoms with Gasteiger partial charge in [-0.05, 0) is 11.8 Å². The summed E-state index contributed by atoms with van der Waals surface area (Å²) in [5, 5.41) is -3.92. The van der Waals surface area contributed by atoms with E-state index in [4.69, 9.17) is 0 Å². The normalized spacial score (nSPS) is 19.8. The molecule has 0 aromatic carbocycles. The van der Waals surface area contributed by atoms with Crippen LogP contribution in [-0.2, 0) is 0 Å². The van der Waals surface area contributed by atoms with Gasteiger partial charge in [0.1, 0.15) is 0 Å². The van der Waals surface area contributed by atoms with E-state index in [2.05, 4.69) is 0 Å². The van der Waals surface area contributed by atoms with Gasteiger partial charge in [-0.3, -0.25) is 0 Å². The highest BCUT2D eigenvalue weighted by atomic mass is 32.2. The second-order valence-electron chi connectivity index (χ2n) is 1.91. The van der Waals surface area contributed by atoms with Crippen LogP contribution in [0.4, 0.5) is 26.3 Å². The van der Waals surface area contributed by atoms with Crippen LogP contribution in [0.15, 0.2) is 33.6 Å². The van der Waals surface area contributed by atoms with Crippen LogP contribution in [0.25, 0.3) is 0 Å². The van der Waals surface area contributed by atoms with Gasteiger partial charge in [0.05, 0.1) is 0 Å². The number of rotatable bonds is 0. The maximum absolute atomic E-state index is 12.3. The fourth-order valence-electron chi connectivity index (χ4n) is 0.534. The quantitative estimate of drug-likeness (QED) is 0.551. The number of allylic oxidation sites excluding steroid dienone is 4. The first-order chi connectivity index (χ1) is 5.95. The van der Waals surface area contributed by atoms with Crippen molar-refractivity contribution in [3.63, 3.8) is 0 Å². The third-order valence-electron chi connectivity index (χ3n) is 1.10. The van der Waals surface area contributed by atoms with Crippen molar-refractivity contribution in [2.75, 3.05) is 0 Å². The van der Waals surface area contributed by atoms with E-state index < -0.39 is 45.4 Å². The van der Waals surface area contributed by atoms with E-state index in [1.807, 2.05) is 0 Å². The van der Waals surface area contributed by atoms with Crippen LogP contribution in [0, 0.1) is 0 Å². The van der Waals surface area contributed by atoms with E-state index in [-0.39, 0.29) is 0 Å². The zero-order valence-corrected chi connectivity index (χ0v) is 6.49. The summed E-state index contributed by atoms with van der Waals surface area (Å²) in [5.74, 6) is -9.25. The first-order valence-electron chi connectivity index (χ1n) is 2.79. The van der Waals surface area contributed by atoms with Crippen molar-refractivity contribution < 1.29 is 26.3 Å². The van der Waals surface area contributed by atoms with Crippen molar-refractivity contribution in [3.05, 3.63) is 33.6 Å². The van der Waals surface area contributed by atoms with Gasteiger partial charge in [0.2, 0.25) is 33.6 Å². The Labute approximate surface area is 72.6 Å². The first-order valence-corrected chi connectivity index (χ1v) is 3.61. The average molecular weight is 218 g/mol. The molecule has 0 unspecified atom stereocenters. The summed E-state index contributed by atoms with van der Waals surface area (Å²) < 4.78 is 73.7. The van der Waals surface area contributed by atoms with Crippen LogP contribution in [0.2, 0.25) is 0 Å². The summed E-state index contributed by atoms with van der Waals surface area (Å²) in [6.45, 7) is 0. The van der Waals surface area contributed by atoms with Gasteiger partial charge in [-0.1, -0.05) is 0 Å². The molecule has 1 heterocycles. The van der Waals surface area contributed by atoms with Gasteiger partial charge < -0.3 is 0 Å². The molecule has 1 aliphatic rings. The molecule has 0 aromatic heterocycles. The molecule has 0 saturated carbocycles. The number of hydrogen-bond acceptors (Lipinski definition) is 1. The smallest absolute Gasteiger partial charge is 0.200 e. The summed E-state index contributed by atoms with van der Waals surface area (Å²) in [6.07, 6.45) is 0. The molecular formula is C6F6S. The molecule has 1 rings (SSSR count). The Morgan fingerprint density at radius 1 is 0.538 bits per heavy atom. The maximum Gasteiger partial charge on any atom is 0.204 e. The van der Waals surface area contributed by atoms with Gasteiger partial charge in [0.25, 0.3) is 0 Å². The highest BCUT2D eigenvalue weighted by Gasteiger charge is 2.28. The van der Waals surface area contributed by atoms with Gasteiger partial charge in [-0.25, -0.2) is 8.78 Å². The molecule has 0 spiro atoms. The Hall–Kier alpha value is -0.850. The fraction of sp³-hybridized carbons (Fsp3) is 0. The monoisotopic (exact) mass is 218 g/mol. The molecule has 0 fully saturated rings. The van der Waals surface area contributed by atoms with E-state index in [1.54, 1.807) is 0 Å². The highest BCUT2D eigenvalue weighted by Crippen LogP contribution is 2.42. The lowest BCUT2D eigenvalue weighted by Gasteiger charge is -1.91. The summed E-state index contributed by atoms with van der Waals surface area (Å²) >= 11 is -0.660. The minimum atomic E-state index is -2.38. The number of halogens is 6. The lowest BCUT2D eigenvalue weighted by atomic mass is 10.4. The topological polar surface area (TPSA) is 0 Å². The zero-order chi connectivity index (χ0) is 10.2. The number of hydrogen-bond donors (Lipinski definition) is 0. The van der Waals surface area contributed by atoms with Crippen molar-refractivity contribution in [1.29, 1.82) is 0 Å². The molecule has 7 heteroatoms. The van der Waals surface area contributed by atoms with Gasteiger partial charge in [0.15, 0.2) is 0 Å². The van der Waals surface area contributed by atoms with Crippen molar-refractivity contribution in [1.82, 2.24) is 0 Å². The van der Waals surface area contributed by atoms with Gasteiger partial charge in [0, 0.05) is 0 Å². The van der Waals surface area contributed by atoms with E-state index in [9.17, 15) is 26.3 Å². The third-order valence-corrected chi connectivity index (χ3v) is 1.82. The van der Waals surface area contributed by atoms with E-state index in [1.165, 1.54) is 0 Å². The second kappa shape index (κ2) is 3.49. The summed E-state index contributed by atoms with van der Waals surface area (Å²) in [5.41, 5.74) is 0. The Kier molecular flexibility index (Phi) is 2.74. The van der Waals surface area contributed by atoms with Gasteiger partial charge >= 0.3 is 0 Å². The van der Waals surface area contributed by atoms with E-state index in [0.717, 1.165) is 0 Å². The van der Waals surface area contributed by atoms with Crippen LogP contribution in [0.1, 0.15) is 0 Å². The SMILES string of the molecule is FC1=C(F)C(F)=C(F)C(F)=C(F)S1. The molecule has 0 N–H and O–H groups in total. The molecule has 0 aromatic rings. The Balaban J connectivity index is 3.35. The lowest BCUT2D eigenvalue weighted by molar-refractivity contribution is 0.453. The van der Waals surface area contributed by atoms with Gasteiger partial charge in [-0.15, -0.1) is 0 Å². The first kappa shape index (κ1) is 10.2. The second-order valence-corrected chi connectivity index (χ2v) is 2.83. The van der Waals surface area contributed by atoms with Crippen LogP contribution >= 0.6 is 11.8 Å². The molecule has 0 amide bonds. The Bertz CT molecular complexity index is 307. The molecule has 0 atom stereocenters. The molecule has 1 aliphatic heterocycles. The summed E-state index contributed by atoms with van der Waals surface area (Å²) in [4.78, 5) is 0. The van der Waals surface area contributed by atoms with Crippen molar-refractivity contribution in [2.24, 2.45) is 0 Å². The van der Waals surface area contributed by atoms with Crippen LogP contribution in [-0.4, -0.2) is 0 Å². The molecule has 0 nitrogen and oxygen atoms in total. The molecule has 13 heavy (non-hydrogen) atoms. The summed E-state index contributed by atoms with van der Waals surface area (Å²) in [7, 11) is 0. The van der Waals surface area contributed by atoms with Crippen molar-refractivity contribution in [2.45, 2.75) is 0 Å². The molecule has 72 valence electrons.